The highest BCUT2D eigenvalue weighted by molar-refractivity contribution is 7.16. The zero-order chi connectivity index (χ0) is 20.4. The monoisotopic (exact) mass is 424 g/mol. The topological polar surface area (TPSA) is 92.6 Å². The highest BCUT2D eigenvalue weighted by Crippen LogP contribution is 2.25. The van der Waals surface area contributed by atoms with Gasteiger partial charge in [-0.25, -0.2) is 5.43 Å². The summed E-state index contributed by atoms with van der Waals surface area (Å²) in [6.07, 6.45) is 3.63. The van der Waals surface area contributed by atoms with E-state index in [-0.39, 0.29) is 11.4 Å². The molecule has 0 bridgehead atoms. The molecule has 0 aliphatic heterocycles. The van der Waals surface area contributed by atoms with Crippen molar-refractivity contribution in [1.82, 2.24) is 9.99 Å². The number of nitrogens with zero attached hydrogens (tertiary/aromatic N) is 2. The van der Waals surface area contributed by atoms with Crippen molar-refractivity contribution in [2.24, 2.45) is 5.10 Å². The van der Waals surface area contributed by atoms with Crippen LogP contribution < -0.4 is 11.2 Å². The Labute approximate surface area is 175 Å². The molecule has 0 atom stereocenters. The molecular formula is C21H17ClN4O2S. The third-order valence-corrected chi connectivity index (χ3v) is 5.68. The maximum absolute atomic E-state index is 12.2. The second kappa shape index (κ2) is 7.98. The first-order valence-electron chi connectivity index (χ1n) is 8.75. The summed E-state index contributed by atoms with van der Waals surface area (Å²) in [5.74, 6) is -0.474. The quantitative estimate of drug-likeness (QED) is 0.191. The number of nitrogens with two attached hydrogens (primary N) is 1. The van der Waals surface area contributed by atoms with E-state index in [4.69, 9.17) is 17.3 Å². The number of carbonyl (C=O) groups excluding carboxylic acids is 1. The van der Waals surface area contributed by atoms with E-state index in [1.165, 1.54) is 23.1 Å². The number of benzene rings is 2. The Morgan fingerprint density at radius 2 is 2.10 bits per heavy atom. The fourth-order valence-corrected chi connectivity index (χ4v) is 4.11. The number of hydrazone groups is 1. The Hall–Kier alpha value is -3.29. The van der Waals surface area contributed by atoms with Crippen LogP contribution >= 0.6 is 22.9 Å². The molecule has 4 N–H and O–H groups in total. The normalized spacial score (nSPS) is 11.3. The van der Waals surface area contributed by atoms with E-state index in [2.05, 4.69) is 15.1 Å². The molecule has 0 saturated carbocycles. The molecule has 2 aromatic heterocycles. The summed E-state index contributed by atoms with van der Waals surface area (Å²) < 4.78 is 2.92. The number of phenolic OH excluding ortho intramolecular Hbond substituents is 1. The molecule has 6 nitrogen and oxygen atoms in total. The number of hydrogen-bond donors (Lipinski definition) is 3. The summed E-state index contributed by atoms with van der Waals surface area (Å²) in [5, 5.41) is 14.5. The number of nitrogens with one attached hydrogen (secondary N) is 1. The SMILES string of the molecule is Nc1cc(C(=O)N/N=C/c2cccc3c2ccn3Cc2ccc(Cl)s2)ccc1O. The predicted octanol–water partition coefficient (Wildman–Crippen LogP) is 4.46. The Balaban J connectivity index is 1.52. The summed E-state index contributed by atoms with van der Waals surface area (Å²) in [6.45, 7) is 0.737. The molecule has 4 aromatic rings. The van der Waals surface area contributed by atoms with E-state index >= 15 is 0 Å². The number of hydrogen-bond acceptors (Lipinski definition) is 5. The Morgan fingerprint density at radius 3 is 2.86 bits per heavy atom. The van der Waals surface area contributed by atoms with Crippen LogP contribution in [0.5, 0.6) is 5.75 Å². The molecule has 29 heavy (non-hydrogen) atoms. The van der Waals surface area contributed by atoms with E-state index in [0.717, 1.165) is 27.3 Å². The molecule has 2 aromatic carbocycles. The molecule has 0 unspecified atom stereocenters. The van der Waals surface area contributed by atoms with Crippen molar-refractivity contribution in [3.05, 3.63) is 81.1 Å². The summed E-state index contributed by atoms with van der Waals surface area (Å²) in [4.78, 5) is 13.4. The number of aromatic hydroxyl groups is 1. The van der Waals surface area contributed by atoms with Crippen LogP contribution in [0.15, 0.2) is 65.9 Å². The van der Waals surface area contributed by atoms with Gasteiger partial charge in [-0.15, -0.1) is 11.3 Å². The minimum Gasteiger partial charge on any atom is -0.506 e. The lowest BCUT2D eigenvalue weighted by Gasteiger charge is -2.05. The predicted molar refractivity (Wildman–Crippen MR) is 118 cm³/mol. The van der Waals surface area contributed by atoms with E-state index < -0.39 is 5.91 Å². The highest BCUT2D eigenvalue weighted by Gasteiger charge is 2.08. The van der Waals surface area contributed by atoms with E-state index in [0.29, 0.717) is 5.56 Å². The lowest BCUT2D eigenvalue weighted by molar-refractivity contribution is 0.0955. The number of rotatable bonds is 5. The minimum absolute atomic E-state index is 0.0638. The molecule has 1 amide bonds. The van der Waals surface area contributed by atoms with Crippen molar-refractivity contribution >= 4 is 51.6 Å². The van der Waals surface area contributed by atoms with E-state index in [1.54, 1.807) is 17.6 Å². The molecular weight excluding hydrogens is 408 g/mol. The zero-order valence-corrected chi connectivity index (χ0v) is 16.7. The fourth-order valence-electron chi connectivity index (χ4n) is 3.02. The number of amides is 1. The van der Waals surface area contributed by atoms with Crippen molar-refractivity contribution in [2.75, 3.05) is 5.73 Å². The lowest BCUT2D eigenvalue weighted by atomic mass is 10.1. The molecule has 0 radical (unpaired) electrons. The summed E-state index contributed by atoms with van der Waals surface area (Å²) in [6, 6.07) is 16.1. The molecule has 0 spiro atoms. The number of fused-ring (bicyclic) bond motifs is 1. The smallest absolute Gasteiger partial charge is 0.271 e. The lowest BCUT2D eigenvalue weighted by Crippen LogP contribution is -2.17. The van der Waals surface area contributed by atoms with Gasteiger partial charge in [-0.3, -0.25) is 4.79 Å². The first-order valence-corrected chi connectivity index (χ1v) is 9.94. The van der Waals surface area contributed by atoms with Gasteiger partial charge in [-0.1, -0.05) is 23.7 Å². The van der Waals surface area contributed by atoms with Gasteiger partial charge < -0.3 is 15.4 Å². The minimum atomic E-state index is -0.410. The van der Waals surface area contributed by atoms with Gasteiger partial charge in [0.25, 0.3) is 5.91 Å². The van der Waals surface area contributed by atoms with Crippen LogP contribution in [0.1, 0.15) is 20.8 Å². The average Bonchev–Trinajstić information content (AvgIpc) is 3.31. The van der Waals surface area contributed by atoms with Crippen LogP contribution in [0.4, 0.5) is 5.69 Å². The molecule has 8 heteroatoms. The van der Waals surface area contributed by atoms with Crippen LogP contribution in [-0.4, -0.2) is 21.8 Å². The number of thiophene rings is 1. The van der Waals surface area contributed by atoms with Crippen LogP contribution in [0, 0.1) is 0 Å². The Bertz CT molecular complexity index is 1230. The number of carbonyl (C=O) groups is 1. The molecule has 0 fully saturated rings. The van der Waals surface area contributed by atoms with Gasteiger partial charge in [0.15, 0.2) is 0 Å². The van der Waals surface area contributed by atoms with Gasteiger partial charge in [-0.2, -0.15) is 5.10 Å². The van der Waals surface area contributed by atoms with Gasteiger partial charge in [0, 0.05) is 33.1 Å². The van der Waals surface area contributed by atoms with Crippen molar-refractivity contribution in [2.45, 2.75) is 6.54 Å². The molecule has 0 aliphatic carbocycles. The first-order chi connectivity index (χ1) is 14.0. The maximum Gasteiger partial charge on any atom is 0.271 e. The van der Waals surface area contributed by atoms with Crippen molar-refractivity contribution in [3.8, 4) is 5.75 Å². The van der Waals surface area contributed by atoms with Gasteiger partial charge in [0.1, 0.15) is 5.75 Å². The summed E-state index contributed by atoms with van der Waals surface area (Å²) >= 11 is 7.59. The molecule has 146 valence electrons. The third kappa shape index (κ3) is 4.11. The van der Waals surface area contributed by atoms with E-state index in [9.17, 15) is 9.90 Å². The number of aromatic nitrogens is 1. The van der Waals surface area contributed by atoms with Crippen LogP contribution in [0.3, 0.4) is 0 Å². The zero-order valence-electron chi connectivity index (χ0n) is 15.2. The number of anilines is 1. The Morgan fingerprint density at radius 1 is 1.24 bits per heavy atom. The van der Waals surface area contributed by atoms with Crippen LogP contribution in [0.25, 0.3) is 10.9 Å². The molecule has 0 aliphatic rings. The van der Waals surface area contributed by atoms with Crippen molar-refractivity contribution < 1.29 is 9.90 Å². The number of nitrogen functional groups attached to an aromatic ring is 1. The van der Waals surface area contributed by atoms with Gasteiger partial charge >= 0.3 is 0 Å². The second-order valence-corrected chi connectivity index (χ2v) is 8.20. The van der Waals surface area contributed by atoms with Gasteiger partial charge in [0.05, 0.1) is 22.8 Å². The largest absolute Gasteiger partial charge is 0.506 e. The average molecular weight is 425 g/mol. The second-order valence-electron chi connectivity index (χ2n) is 6.40. The number of halogens is 1. The van der Waals surface area contributed by atoms with Gasteiger partial charge in [0.2, 0.25) is 0 Å². The van der Waals surface area contributed by atoms with Crippen molar-refractivity contribution in [1.29, 1.82) is 0 Å². The van der Waals surface area contributed by atoms with Crippen LogP contribution in [-0.2, 0) is 6.54 Å². The molecule has 0 saturated heterocycles. The summed E-state index contributed by atoms with van der Waals surface area (Å²) in [5.41, 5.74) is 10.5. The standard InChI is InChI=1S/C21H17ClN4O2S/c22-20-7-5-15(29-20)12-26-9-8-16-14(2-1-3-18(16)26)11-24-25-21(28)13-4-6-19(27)17(23)10-13/h1-11,27H,12,23H2,(H,25,28)/b24-11+. The van der Waals surface area contributed by atoms with E-state index in [1.807, 2.05) is 42.6 Å². The highest BCUT2D eigenvalue weighted by atomic mass is 35.5. The third-order valence-electron chi connectivity index (χ3n) is 4.46. The maximum atomic E-state index is 12.2. The van der Waals surface area contributed by atoms with Crippen molar-refractivity contribution in [3.63, 3.8) is 0 Å². The number of phenols is 1. The molecule has 4 rings (SSSR count). The fraction of sp³-hybridized carbons (Fsp3) is 0.0476. The van der Waals surface area contributed by atoms with Crippen LogP contribution in [0.2, 0.25) is 4.34 Å². The van der Waals surface area contributed by atoms with Gasteiger partial charge in [-0.05, 0) is 42.5 Å². The summed E-state index contributed by atoms with van der Waals surface area (Å²) in [7, 11) is 0. The Kier molecular flexibility index (Phi) is 5.24. The first kappa shape index (κ1) is 19.0. The molecule has 2 heterocycles.